The number of nitrogens with zero attached hydrogens (tertiary/aromatic N) is 3. The third-order valence-corrected chi connectivity index (χ3v) is 4.05. The first kappa shape index (κ1) is 17.4. The summed E-state index contributed by atoms with van der Waals surface area (Å²) in [6.07, 6.45) is 3.40. The third-order valence-electron chi connectivity index (χ3n) is 4.05. The maximum absolute atomic E-state index is 12.2. The van der Waals surface area contributed by atoms with Gasteiger partial charge in [-0.2, -0.15) is 5.10 Å². The highest BCUT2D eigenvalue weighted by Crippen LogP contribution is 2.18. The minimum atomic E-state index is -0.293. The number of hydrogen-bond acceptors (Lipinski definition) is 4. The van der Waals surface area contributed by atoms with Crippen molar-refractivity contribution < 1.29 is 9.53 Å². The molecule has 3 aromatic rings. The number of aryl methyl sites for hydroxylation is 1. The molecule has 2 heterocycles. The summed E-state index contributed by atoms with van der Waals surface area (Å²) in [5.74, 6) is 1.18. The molecule has 0 fully saturated rings. The second-order valence-electron chi connectivity index (χ2n) is 5.78. The highest BCUT2D eigenvalue weighted by molar-refractivity contribution is 5.95. The van der Waals surface area contributed by atoms with E-state index in [0.29, 0.717) is 11.3 Å². The average molecular weight is 348 g/mol. The van der Waals surface area contributed by atoms with E-state index in [1.54, 1.807) is 43.8 Å². The van der Waals surface area contributed by atoms with Crippen LogP contribution in [0.1, 0.15) is 27.3 Å². The lowest BCUT2D eigenvalue weighted by molar-refractivity contribution is 0.0955. The Morgan fingerprint density at radius 1 is 1.19 bits per heavy atom. The van der Waals surface area contributed by atoms with Gasteiger partial charge in [-0.15, -0.1) is 0 Å². The van der Waals surface area contributed by atoms with Gasteiger partial charge in [0.2, 0.25) is 0 Å². The van der Waals surface area contributed by atoms with Crippen LogP contribution in [-0.4, -0.2) is 28.8 Å². The largest absolute Gasteiger partial charge is 0.497 e. The zero-order valence-corrected chi connectivity index (χ0v) is 14.9. The molecule has 0 unspecified atom stereocenters. The average Bonchev–Trinajstić information content (AvgIpc) is 2.96. The molecule has 0 radical (unpaired) electrons. The number of aromatic nitrogens is 2. The number of carbonyl (C=O) groups is 1. The van der Waals surface area contributed by atoms with E-state index in [9.17, 15) is 4.79 Å². The van der Waals surface area contributed by atoms with Crippen LogP contribution in [0.15, 0.2) is 59.8 Å². The Morgan fingerprint density at radius 2 is 2.04 bits per heavy atom. The molecule has 132 valence electrons. The molecule has 0 saturated carbocycles. The molecular formula is C20H20N4O2. The zero-order valence-electron chi connectivity index (χ0n) is 14.9. The molecule has 0 aliphatic carbocycles. The number of hydrogen-bond donors (Lipinski definition) is 1. The maximum Gasteiger partial charge on any atom is 0.271 e. The van der Waals surface area contributed by atoms with Gasteiger partial charge in [0.1, 0.15) is 11.6 Å². The van der Waals surface area contributed by atoms with Crippen LogP contribution in [0.2, 0.25) is 0 Å². The third kappa shape index (κ3) is 3.64. The second-order valence-corrected chi connectivity index (χ2v) is 5.78. The predicted octanol–water partition coefficient (Wildman–Crippen LogP) is 3.26. The van der Waals surface area contributed by atoms with Crippen molar-refractivity contribution in [1.29, 1.82) is 0 Å². The number of benzene rings is 1. The van der Waals surface area contributed by atoms with Crippen LogP contribution in [0.5, 0.6) is 5.75 Å². The fraction of sp³-hybridized carbons (Fsp3) is 0.150. The minimum absolute atomic E-state index is 0.293. The number of pyridine rings is 1. The maximum atomic E-state index is 12.2. The van der Waals surface area contributed by atoms with Crippen molar-refractivity contribution >= 4 is 12.1 Å². The van der Waals surface area contributed by atoms with E-state index < -0.39 is 0 Å². The lowest BCUT2D eigenvalue weighted by Crippen LogP contribution is -2.17. The fourth-order valence-electron chi connectivity index (χ4n) is 2.75. The van der Waals surface area contributed by atoms with Gasteiger partial charge in [0.15, 0.2) is 0 Å². The van der Waals surface area contributed by atoms with Crippen LogP contribution < -0.4 is 10.2 Å². The van der Waals surface area contributed by atoms with E-state index in [0.717, 1.165) is 22.8 Å². The Bertz CT molecular complexity index is 946. The van der Waals surface area contributed by atoms with Crippen LogP contribution in [0.3, 0.4) is 0 Å². The van der Waals surface area contributed by atoms with Gasteiger partial charge in [0, 0.05) is 28.7 Å². The highest BCUT2D eigenvalue weighted by atomic mass is 16.5. The molecular weight excluding hydrogens is 328 g/mol. The van der Waals surface area contributed by atoms with Gasteiger partial charge in [-0.25, -0.2) is 10.4 Å². The summed E-state index contributed by atoms with van der Waals surface area (Å²) in [6, 6.07) is 14.7. The van der Waals surface area contributed by atoms with E-state index in [1.807, 2.05) is 42.7 Å². The quantitative estimate of drug-likeness (QED) is 0.568. The highest BCUT2D eigenvalue weighted by Gasteiger charge is 2.10. The normalized spacial score (nSPS) is 10.9. The van der Waals surface area contributed by atoms with Gasteiger partial charge >= 0.3 is 0 Å². The Balaban J connectivity index is 1.76. The topological polar surface area (TPSA) is 68.5 Å². The molecule has 0 spiro atoms. The number of rotatable bonds is 5. The Labute approximate surface area is 152 Å². The summed E-state index contributed by atoms with van der Waals surface area (Å²) in [4.78, 5) is 16.6. The lowest BCUT2D eigenvalue weighted by atomic mass is 10.2. The molecule has 3 rings (SSSR count). The standard InChI is InChI=1S/C20H20N4O2/c1-14-11-17(15(2)24(14)19-9-4-5-10-21-19)13-22-23-20(25)16-7-6-8-18(12-16)26-3/h4-13H,1-3H3,(H,23,25)/b22-13-. The molecule has 26 heavy (non-hydrogen) atoms. The number of amides is 1. The number of methoxy groups -OCH3 is 1. The van der Waals surface area contributed by atoms with E-state index in [2.05, 4.69) is 15.5 Å². The summed E-state index contributed by atoms with van der Waals surface area (Å²) in [7, 11) is 1.56. The first-order valence-electron chi connectivity index (χ1n) is 8.18. The van der Waals surface area contributed by atoms with Crippen LogP contribution in [-0.2, 0) is 0 Å². The fourth-order valence-corrected chi connectivity index (χ4v) is 2.75. The van der Waals surface area contributed by atoms with E-state index >= 15 is 0 Å². The van der Waals surface area contributed by atoms with Gasteiger partial charge in [-0.1, -0.05) is 12.1 Å². The molecule has 0 atom stereocenters. The van der Waals surface area contributed by atoms with E-state index in [1.165, 1.54) is 0 Å². The van der Waals surface area contributed by atoms with Gasteiger partial charge in [0.05, 0.1) is 13.3 Å². The number of nitrogens with one attached hydrogen (secondary N) is 1. The number of hydrazone groups is 1. The minimum Gasteiger partial charge on any atom is -0.497 e. The molecule has 6 nitrogen and oxygen atoms in total. The Kier molecular flexibility index (Phi) is 5.12. The monoisotopic (exact) mass is 348 g/mol. The number of carbonyl (C=O) groups excluding carboxylic acids is 1. The Morgan fingerprint density at radius 3 is 2.77 bits per heavy atom. The Hall–Kier alpha value is -3.41. The second kappa shape index (κ2) is 7.65. The summed E-state index contributed by atoms with van der Waals surface area (Å²) < 4.78 is 7.17. The van der Waals surface area contributed by atoms with Crippen molar-refractivity contribution in [2.24, 2.45) is 5.10 Å². The van der Waals surface area contributed by atoms with Gasteiger partial charge in [-0.05, 0) is 50.2 Å². The first-order chi connectivity index (χ1) is 12.6. The summed E-state index contributed by atoms with van der Waals surface area (Å²) in [5, 5.41) is 4.08. The molecule has 2 aromatic heterocycles. The smallest absolute Gasteiger partial charge is 0.271 e. The summed E-state index contributed by atoms with van der Waals surface area (Å²) >= 11 is 0. The molecule has 1 amide bonds. The molecule has 1 aromatic carbocycles. The van der Waals surface area contributed by atoms with Crippen LogP contribution in [0.25, 0.3) is 5.82 Å². The summed E-state index contributed by atoms with van der Waals surface area (Å²) in [6.45, 7) is 4.00. The van der Waals surface area contributed by atoms with Crippen LogP contribution in [0, 0.1) is 13.8 Å². The van der Waals surface area contributed by atoms with Gasteiger partial charge in [0.25, 0.3) is 5.91 Å². The van der Waals surface area contributed by atoms with Crippen molar-refractivity contribution in [3.05, 3.63) is 77.2 Å². The molecule has 0 aliphatic heterocycles. The van der Waals surface area contributed by atoms with Crippen molar-refractivity contribution in [3.63, 3.8) is 0 Å². The van der Waals surface area contributed by atoms with Crippen molar-refractivity contribution in [3.8, 4) is 11.6 Å². The molecule has 0 bridgehead atoms. The predicted molar refractivity (Wildman–Crippen MR) is 101 cm³/mol. The molecule has 1 N–H and O–H groups in total. The van der Waals surface area contributed by atoms with Crippen molar-refractivity contribution in [1.82, 2.24) is 15.0 Å². The molecule has 0 aliphatic rings. The van der Waals surface area contributed by atoms with Gasteiger partial charge < -0.3 is 9.30 Å². The van der Waals surface area contributed by atoms with E-state index in [-0.39, 0.29) is 5.91 Å². The van der Waals surface area contributed by atoms with E-state index in [4.69, 9.17) is 4.74 Å². The van der Waals surface area contributed by atoms with Crippen molar-refractivity contribution in [2.45, 2.75) is 13.8 Å². The lowest BCUT2D eigenvalue weighted by Gasteiger charge is -2.07. The SMILES string of the molecule is COc1cccc(C(=O)N/N=C\c2cc(C)n(-c3ccccn3)c2C)c1. The van der Waals surface area contributed by atoms with Crippen LogP contribution in [0.4, 0.5) is 0 Å². The number of ether oxygens (including phenoxy) is 1. The van der Waals surface area contributed by atoms with Gasteiger partial charge in [-0.3, -0.25) is 4.79 Å². The summed E-state index contributed by atoms with van der Waals surface area (Å²) in [5.41, 5.74) is 5.99. The first-order valence-corrected chi connectivity index (χ1v) is 8.18. The molecule has 6 heteroatoms. The molecule has 0 saturated heterocycles. The van der Waals surface area contributed by atoms with Crippen LogP contribution >= 0.6 is 0 Å². The zero-order chi connectivity index (χ0) is 18.5. The van der Waals surface area contributed by atoms with Crippen molar-refractivity contribution in [2.75, 3.05) is 7.11 Å².